The highest BCUT2D eigenvalue weighted by molar-refractivity contribution is 6.31. The maximum Gasteiger partial charge on any atom is 0.271 e. The molecule has 8 heteroatoms. The summed E-state index contributed by atoms with van der Waals surface area (Å²) in [4.78, 5) is 16.8. The molecule has 0 bridgehead atoms. The molecule has 1 fully saturated rings. The van der Waals surface area contributed by atoms with Crippen LogP contribution in [-0.2, 0) is 6.54 Å². The molecular weight excluding hydrogens is 407 g/mol. The molecule has 1 amide bonds. The van der Waals surface area contributed by atoms with E-state index in [4.69, 9.17) is 16.3 Å². The Bertz CT molecular complexity index is 1030. The molecule has 0 aliphatic carbocycles. The lowest BCUT2D eigenvalue weighted by atomic mass is 10.1. The lowest BCUT2D eigenvalue weighted by molar-refractivity contribution is 0.0621. The number of hydrogen-bond acceptors (Lipinski definition) is 4. The van der Waals surface area contributed by atoms with Crippen LogP contribution >= 0.6 is 11.6 Å². The molecule has 2 heterocycles. The lowest BCUT2D eigenvalue weighted by Crippen LogP contribution is -2.48. The van der Waals surface area contributed by atoms with E-state index in [1.165, 1.54) is 6.07 Å². The van der Waals surface area contributed by atoms with Crippen LogP contribution in [0, 0.1) is 5.82 Å². The van der Waals surface area contributed by atoms with Gasteiger partial charge in [-0.05, 0) is 30.3 Å². The van der Waals surface area contributed by atoms with Gasteiger partial charge in [0.2, 0.25) is 0 Å². The number of carbonyl (C=O) groups excluding carboxylic acids is 1. The van der Waals surface area contributed by atoms with Crippen molar-refractivity contribution in [2.24, 2.45) is 0 Å². The molecule has 1 aromatic heterocycles. The van der Waals surface area contributed by atoms with Gasteiger partial charge in [0.15, 0.2) is 0 Å². The summed E-state index contributed by atoms with van der Waals surface area (Å²) in [5.74, 6) is 0.332. The Balaban J connectivity index is 1.38. The van der Waals surface area contributed by atoms with Crippen LogP contribution < -0.4 is 4.74 Å². The maximum absolute atomic E-state index is 14.0. The standard InChI is InChI=1S/C22H22ClFN4O2/c1-30-16-5-2-4-15(12-16)20-13-21(26-25-20)22(29)28-10-8-27(9-11-28)14-17-18(23)6-3-7-19(17)24/h2-7,12-13H,8-11,14H2,1H3,(H,25,26). The van der Waals surface area contributed by atoms with Crippen LogP contribution in [0.15, 0.2) is 48.5 Å². The summed E-state index contributed by atoms with van der Waals surface area (Å²) < 4.78 is 19.3. The van der Waals surface area contributed by atoms with E-state index < -0.39 is 0 Å². The molecular formula is C22H22ClFN4O2. The molecule has 6 nitrogen and oxygen atoms in total. The summed E-state index contributed by atoms with van der Waals surface area (Å²) in [5.41, 5.74) is 2.50. The zero-order chi connectivity index (χ0) is 21.1. The highest BCUT2D eigenvalue weighted by Gasteiger charge is 2.24. The maximum atomic E-state index is 14.0. The van der Waals surface area contributed by atoms with Crippen molar-refractivity contribution in [3.63, 3.8) is 0 Å². The van der Waals surface area contributed by atoms with Crippen molar-refractivity contribution in [2.75, 3.05) is 33.3 Å². The number of ether oxygens (including phenoxy) is 1. The van der Waals surface area contributed by atoms with Crippen LogP contribution in [0.2, 0.25) is 5.02 Å². The summed E-state index contributed by atoms with van der Waals surface area (Å²) >= 11 is 6.13. The first-order valence-electron chi connectivity index (χ1n) is 9.69. The Morgan fingerprint density at radius 2 is 1.93 bits per heavy atom. The Morgan fingerprint density at radius 1 is 1.17 bits per heavy atom. The predicted molar refractivity (Wildman–Crippen MR) is 113 cm³/mol. The minimum Gasteiger partial charge on any atom is -0.497 e. The molecule has 0 atom stereocenters. The summed E-state index contributed by atoms with van der Waals surface area (Å²) in [6.07, 6.45) is 0. The van der Waals surface area contributed by atoms with Crippen molar-refractivity contribution >= 4 is 17.5 Å². The number of methoxy groups -OCH3 is 1. The number of carbonyl (C=O) groups is 1. The largest absolute Gasteiger partial charge is 0.497 e. The molecule has 1 aliphatic heterocycles. The van der Waals surface area contributed by atoms with Gasteiger partial charge in [0.1, 0.15) is 17.3 Å². The Kier molecular flexibility index (Phi) is 6.01. The first-order chi connectivity index (χ1) is 14.5. The van der Waals surface area contributed by atoms with Crippen LogP contribution in [0.4, 0.5) is 4.39 Å². The third kappa shape index (κ3) is 4.32. The molecule has 156 valence electrons. The van der Waals surface area contributed by atoms with Gasteiger partial charge in [-0.15, -0.1) is 0 Å². The van der Waals surface area contributed by atoms with E-state index in [1.807, 2.05) is 24.3 Å². The number of hydrogen-bond donors (Lipinski definition) is 1. The number of rotatable bonds is 5. The van der Waals surface area contributed by atoms with Crippen LogP contribution in [0.25, 0.3) is 11.3 Å². The lowest BCUT2D eigenvalue weighted by Gasteiger charge is -2.34. The fourth-order valence-electron chi connectivity index (χ4n) is 3.55. The number of aromatic amines is 1. The molecule has 1 N–H and O–H groups in total. The minimum atomic E-state index is -0.302. The Hall–Kier alpha value is -2.90. The second-order valence-electron chi connectivity index (χ2n) is 7.17. The SMILES string of the molecule is COc1cccc(-c2cc(C(=O)N3CCN(Cc4c(F)cccc4Cl)CC3)[nH]n2)c1. The number of amides is 1. The number of nitrogens with one attached hydrogen (secondary N) is 1. The van der Waals surface area contributed by atoms with E-state index in [1.54, 1.807) is 30.2 Å². The average Bonchev–Trinajstić information content (AvgIpc) is 3.27. The highest BCUT2D eigenvalue weighted by Crippen LogP contribution is 2.24. The summed E-state index contributed by atoms with van der Waals surface area (Å²) in [5, 5.41) is 7.54. The second kappa shape index (κ2) is 8.85. The van der Waals surface area contributed by atoms with Crippen molar-refractivity contribution < 1.29 is 13.9 Å². The van der Waals surface area contributed by atoms with Crippen molar-refractivity contribution in [3.05, 3.63) is 70.6 Å². The second-order valence-corrected chi connectivity index (χ2v) is 7.57. The van der Waals surface area contributed by atoms with E-state index in [-0.39, 0.29) is 11.7 Å². The number of piperazine rings is 1. The third-order valence-corrected chi connectivity index (χ3v) is 5.63. The summed E-state index contributed by atoms with van der Waals surface area (Å²) in [6, 6.07) is 14.0. The number of H-pyrrole nitrogens is 1. The smallest absolute Gasteiger partial charge is 0.271 e. The van der Waals surface area contributed by atoms with Gasteiger partial charge in [0.25, 0.3) is 5.91 Å². The Labute approximate surface area is 179 Å². The van der Waals surface area contributed by atoms with Crippen LogP contribution in [0.1, 0.15) is 16.1 Å². The predicted octanol–water partition coefficient (Wildman–Crippen LogP) is 3.84. The van der Waals surface area contributed by atoms with Gasteiger partial charge in [-0.2, -0.15) is 5.10 Å². The molecule has 30 heavy (non-hydrogen) atoms. The average molecular weight is 429 g/mol. The molecule has 0 saturated carbocycles. The van der Waals surface area contributed by atoms with Crippen molar-refractivity contribution in [3.8, 4) is 17.0 Å². The van der Waals surface area contributed by atoms with Crippen molar-refractivity contribution in [2.45, 2.75) is 6.54 Å². The van der Waals surface area contributed by atoms with Gasteiger partial charge in [-0.3, -0.25) is 14.8 Å². The van der Waals surface area contributed by atoms with Gasteiger partial charge < -0.3 is 9.64 Å². The number of aromatic nitrogens is 2. The monoisotopic (exact) mass is 428 g/mol. The van der Waals surface area contributed by atoms with Gasteiger partial charge in [0.05, 0.1) is 12.8 Å². The first kappa shape index (κ1) is 20.4. The Morgan fingerprint density at radius 3 is 2.67 bits per heavy atom. The van der Waals surface area contributed by atoms with Crippen LogP contribution in [0.3, 0.4) is 0 Å². The van der Waals surface area contributed by atoms with Gasteiger partial charge in [-0.25, -0.2) is 4.39 Å². The molecule has 0 spiro atoms. The first-order valence-corrected chi connectivity index (χ1v) is 10.1. The minimum absolute atomic E-state index is 0.0970. The van der Waals surface area contributed by atoms with Crippen molar-refractivity contribution in [1.29, 1.82) is 0 Å². The zero-order valence-electron chi connectivity index (χ0n) is 16.6. The van der Waals surface area contributed by atoms with Gasteiger partial charge in [-0.1, -0.05) is 29.8 Å². The molecule has 0 unspecified atom stereocenters. The number of benzene rings is 2. The molecule has 2 aromatic carbocycles. The van der Waals surface area contributed by atoms with Gasteiger partial charge in [0, 0.05) is 48.9 Å². The van der Waals surface area contributed by atoms with Gasteiger partial charge >= 0.3 is 0 Å². The van der Waals surface area contributed by atoms with Crippen molar-refractivity contribution in [1.82, 2.24) is 20.0 Å². The van der Waals surface area contributed by atoms with E-state index in [9.17, 15) is 9.18 Å². The van der Waals surface area contributed by atoms with E-state index >= 15 is 0 Å². The summed E-state index contributed by atoms with van der Waals surface area (Å²) in [7, 11) is 1.61. The zero-order valence-corrected chi connectivity index (χ0v) is 17.3. The molecule has 0 radical (unpaired) electrons. The van der Waals surface area contributed by atoms with E-state index in [2.05, 4.69) is 15.1 Å². The summed E-state index contributed by atoms with van der Waals surface area (Å²) in [6.45, 7) is 2.83. The van der Waals surface area contributed by atoms with E-state index in [0.717, 1.165) is 11.3 Å². The van der Waals surface area contributed by atoms with E-state index in [0.29, 0.717) is 54.7 Å². The van der Waals surface area contributed by atoms with Crippen LogP contribution in [0.5, 0.6) is 5.75 Å². The molecule has 3 aromatic rings. The quantitative estimate of drug-likeness (QED) is 0.670. The molecule has 1 aliphatic rings. The fraction of sp³-hybridized carbons (Fsp3) is 0.273. The topological polar surface area (TPSA) is 61.5 Å². The highest BCUT2D eigenvalue weighted by atomic mass is 35.5. The number of nitrogens with zero attached hydrogens (tertiary/aromatic N) is 3. The number of halogens is 2. The van der Waals surface area contributed by atoms with Crippen LogP contribution in [-0.4, -0.2) is 59.2 Å². The molecule has 4 rings (SSSR count). The fourth-order valence-corrected chi connectivity index (χ4v) is 3.77. The molecule has 1 saturated heterocycles. The normalized spacial score (nSPS) is 14.7. The third-order valence-electron chi connectivity index (χ3n) is 5.28.